The molecule has 0 atom stereocenters. The fourth-order valence-corrected chi connectivity index (χ4v) is 5.29. The standard InChI is InChI=1S/C31H30N4O7S/c1-35(43(5,38)39)26-9-7-6-8-21(26)18-10-12-22-24(14-18)33-25-17-20(11-13-23(25)34-31(22)37)32-30(36)19-15-27(40-2)29(42-4)28(16-19)41-3/h6-17,33H,1-5H3,(H,32,36)(H,34,37). The second kappa shape index (κ2) is 11.6. The van der Waals surface area contributed by atoms with Crippen LogP contribution in [-0.2, 0) is 10.0 Å². The van der Waals surface area contributed by atoms with Gasteiger partial charge in [0.2, 0.25) is 15.8 Å². The third-order valence-electron chi connectivity index (χ3n) is 7.04. The van der Waals surface area contributed by atoms with Crippen molar-refractivity contribution >= 4 is 50.3 Å². The molecule has 4 aromatic rings. The number of nitrogens with one attached hydrogen (secondary N) is 3. The van der Waals surface area contributed by atoms with Crippen LogP contribution in [0.4, 0.5) is 28.4 Å². The second-order valence-electron chi connectivity index (χ2n) is 9.72. The van der Waals surface area contributed by atoms with E-state index >= 15 is 0 Å². The summed E-state index contributed by atoms with van der Waals surface area (Å²) < 4.78 is 41.8. The van der Waals surface area contributed by atoms with E-state index < -0.39 is 15.9 Å². The van der Waals surface area contributed by atoms with Gasteiger partial charge < -0.3 is 30.2 Å². The van der Waals surface area contributed by atoms with Gasteiger partial charge in [0.15, 0.2) is 11.5 Å². The van der Waals surface area contributed by atoms with Crippen LogP contribution < -0.4 is 34.5 Å². The number of carbonyl (C=O) groups is 2. The maximum atomic E-state index is 13.2. The molecule has 5 rings (SSSR count). The molecule has 1 heterocycles. The van der Waals surface area contributed by atoms with Crippen LogP contribution >= 0.6 is 0 Å². The van der Waals surface area contributed by atoms with E-state index in [1.807, 2.05) is 12.1 Å². The highest BCUT2D eigenvalue weighted by Gasteiger charge is 2.23. The molecule has 1 aliphatic rings. The van der Waals surface area contributed by atoms with Gasteiger partial charge in [-0.1, -0.05) is 24.3 Å². The molecule has 0 aliphatic carbocycles. The molecule has 12 heteroatoms. The summed E-state index contributed by atoms with van der Waals surface area (Å²) >= 11 is 0. The van der Waals surface area contributed by atoms with Crippen LogP contribution in [0.2, 0.25) is 0 Å². The highest BCUT2D eigenvalue weighted by Crippen LogP contribution is 2.40. The largest absolute Gasteiger partial charge is 0.493 e. The van der Waals surface area contributed by atoms with Crippen molar-refractivity contribution in [2.45, 2.75) is 0 Å². The minimum absolute atomic E-state index is 0.290. The Morgan fingerprint density at radius 1 is 0.791 bits per heavy atom. The summed E-state index contributed by atoms with van der Waals surface area (Å²) in [5.74, 6) is 0.329. The minimum Gasteiger partial charge on any atom is -0.493 e. The van der Waals surface area contributed by atoms with Crippen molar-refractivity contribution in [1.29, 1.82) is 0 Å². The Morgan fingerprint density at radius 3 is 2.14 bits per heavy atom. The number of rotatable bonds is 8. The highest BCUT2D eigenvalue weighted by atomic mass is 32.2. The van der Waals surface area contributed by atoms with E-state index in [2.05, 4.69) is 16.0 Å². The number of fused-ring (bicyclic) bond motifs is 2. The van der Waals surface area contributed by atoms with Crippen molar-refractivity contribution < 1.29 is 32.2 Å². The molecule has 3 N–H and O–H groups in total. The Hall–Kier alpha value is -5.23. The van der Waals surface area contributed by atoms with Crippen LogP contribution in [-0.4, -0.2) is 54.9 Å². The summed E-state index contributed by atoms with van der Waals surface area (Å²) in [5, 5.41) is 9.07. The fraction of sp³-hybridized carbons (Fsp3) is 0.161. The number of amides is 2. The number of carbonyl (C=O) groups excluding carboxylic acids is 2. The molecule has 0 unspecified atom stereocenters. The van der Waals surface area contributed by atoms with Gasteiger partial charge in [-0.25, -0.2) is 8.42 Å². The summed E-state index contributed by atoms with van der Waals surface area (Å²) in [6.07, 6.45) is 1.14. The molecule has 0 radical (unpaired) electrons. The molecule has 11 nitrogen and oxygen atoms in total. The van der Waals surface area contributed by atoms with E-state index in [4.69, 9.17) is 14.2 Å². The molecule has 0 saturated heterocycles. The number of ether oxygens (including phenoxy) is 3. The molecule has 2 amide bonds. The lowest BCUT2D eigenvalue weighted by Gasteiger charge is -2.21. The zero-order valence-electron chi connectivity index (χ0n) is 24.1. The number of para-hydroxylation sites is 1. The van der Waals surface area contributed by atoms with Gasteiger partial charge in [-0.15, -0.1) is 0 Å². The number of hydrogen-bond acceptors (Lipinski definition) is 8. The highest BCUT2D eigenvalue weighted by molar-refractivity contribution is 7.92. The molecule has 0 saturated carbocycles. The van der Waals surface area contributed by atoms with Crippen molar-refractivity contribution in [2.75, 3.05) is 54.9 Å². The normalized spacial score (nSPS) is 12.1. The van der Waals surface area contributed by atoms with Crippen molar-refractivity contribution in [2.24, 2.45) is 0 Å². The zero-order valence-corrected chi connectivity index (χ0v) is 25.0. The lowest BCUT2D eigenvalue weighted by atomic mass is 10.0. The molecular weight excluding hydrogens is 572 g/mol. The van der Waals surface area contributed by atoms with Crippen LogP contribution in [0.1, 0.15) is 20.7 Å². The van der Waals surface area contributed by atoms with Gasteiger partial charge in [-0.2, -0.15) is 0 Å². The molecule has 222 valence electrons. The molecule has 43 heavy (non-hydrogen) atoms. The Morgan fingerprint density at radius 2 is 1.49 bits per heavy atom. The number of nitrogens with zero attached hydrogens (tertiary/aromatic N) is 1. The first-order valence-corrected chi connectivity index (χ1v) is 14.9. The third-order valence-corrected chi connectivity index (χ3v) is 8.23. The van der Waals surface area contributed by atoms with E-state index in [0.717, 1.165) is 6.26 Å². The summed E-state index contributed by atoms with van der Waals surface area (Å²) in [5.41, 5.74) is 4.63. The third kappa shape index (κ3) is 5.77. The minimum atomic E-state index is -3.51. The number of hydrogen-bond donors (Lipinski definition) is 3. The van der Waals surface area contributed by atoms with Gasteiger partial charge in [-0.3, -0.25) is 13.9 Å². The smallest absolute Gasteiger partial charge is 0.257 e. The van der Waals surface area contributed by atoms with Crippen molar-refractivity contribution in [3.05, 3.63) is 83.9 Å². The molecular formula is C31H30N4O7S. The van der Waals surface area contributed by atoms with Crippen LogP contribution in [0.15, 0.2) is 72.8 Å². The second-order valence-corrected chi connectivity index (χ2v) is 11.7. The van der Waals surface area contributed by atoms with Gasteiger partial charge in [0.25, 0.3) is 11.8 Å². The summed E-state index contributed by atoms with van der Waals surface area (Å²) in [7, 11) is 2.41. The Labute approximate surface area is 249 Å². The first kappa shape index (κ1) is 29.3. The molecule has 0 spiro atoms. The summed E-state index contributed by atoms with van der Waals surface area (Å²) in [4.78, 5) is 26.3. The average Bonchev–Trinajstić information content (AvgIpc) is 3.14. The maximum absolute atomic E-state index is 13.2. The molecule has 0 aromatic heterocycles. The average molecular weight is 603 g/mol. The monoisotopic (exact) mass is 602 g/mol. The zero-order chi connectivity index (χ0) is 30.9. The predicted molar refractivity (Wildman–Crippen MR) is 167 cm³/mol. The lowest BCUT2D eigenvalue weighted by molar-refractivity contribution is 0.101. The number of sulfonamides is 1. The van der Waals surface area contributed by atoms with Crippen molar-refractivity contribution in [3.8, 4) is 28.4 Å². The quantitative estimate of drug-likeness (QED) is 0.246. The van der Waals surface area contributed by atoms with Crippen LogP contribution in [0, 0.1) is 0 Å². The molecule has 1 aliphatic heterocycles. The Balaban J connectivity index is 1.48. The van der Waals surface area contributed by atoms with Crippen LogP contribution in [0.3, 0.4) is 0 Å². The molecule has 0 fully saturated rings. The van der Waals surface area contributed by atoms with E-state index in [-0.39, 0.29) is 5.91 Å². The molecule has 0 bridgehead atoms. The van der Waals surface area contributed by atoms with Gasteiger partial charge in [0.05, 0.1) is 55.9 Å². The van der Waals surface area contributed by atoms with Gasteiger partial charge >= 0.3 is 0 Å². The topological polar surface area (TPSA) is 135 Å². The Bertz CT molecular complexity index is 1830. The maximum Gasteiger partial charge on any atom is 0.257 e. The van der Waals surface area contributed by atoms with E-state index in [1.54, 1.807) is 60.7 Å². The SMILES string of the molecule is COc1cc(C(=O)Nc2ccc3c(c2)Nc2cc(-c4ccccc4N(C)S(C)(=O)=O)ccc2C(=O)N3)cc(OC)c1OC. The van der Waals surface area contributed by atoms with Gasteiger partial charge in [0, 0.05) is 23.9 Å². The van der Waals surface area contributed by atoms with E-state index in [1.165, 1.54) is 32.7 Å². The number of anilines is 5. The van der Waals surface area contributed by atoms with Crippen LogP contribution in [0.5, 0.6) is 17.2 Å². The fourth-order valence-electron chi connectivity index (χ4n) is 4.77. The summed E-state index contributed by atoms with van der Waals surface area (Å²) in [6, 6.07) is 20.5. The van der Waals surface area contributed by atoms with Crippen molar-refractivity contribution in [3.63, 3.8) is 0 Å². The number of benzene rings is 4. The van der Waals surface area contributed by atoms with Crippen LogP contribution in [0.25, 0.3) is 11.1 Å². The van der Waals surface area contributed by atoms with E-state index in [9.17, 15) is 18.0 Å². The van der Waals surface area contributed by atoms with Gasteiger partial charge in [0.1, 0.15) is 0 Å². The Kier molecular flexibility index (Phi) is 7.87. The number of methoxy groups -OCH3 is 3. The van der Waals surface area contributed by atoms with Crippen molar-refractivity contribution in [1.82, 2.24) is 0 Å². The van der Waals surface area contributed by atoms with E-state index in [0.29, 0.717) is 67.9 Å². The summed E-state index contributed by atoms with van der Waals surface area (Å²) in [6.45, 7) is 0. The predicted octanol–water partition coefficient (Wildman–Crippen LogP) is 5.34. The first-order valence-electron chi connectivity index (χ1n) is 13.0. The van der Waals surface area contributed by atoms with Gasteiger partial charge in [-0.05, 0) is 54.1 Å². The molecule has 4 aromatic carbocycles. The first-order chi connectivity index (χ1) is 20.5. The lowest BCUT2D eigenvalue weighted by Crippen LogP contribution is -2.25.